The summed E-state index contributed by atoms with van der Waals surface area (Å²) in [6.45, 7) is 3.09. The van der Waals surface area contributed by atoms with Gasteiger partial charge in [-0.05, 0) is 43.0 Å². The van der Waals surface area contributed by atoms with Gasteiger partial charge in [-0.1, -0.05) is 47.1 Å². The first-order valence-corrected chi connectivity index (χ1v) is 11.7. The second kappa shape index (κ2) is 8.78. The number of hydrogen-bond acceptors (Lipinski definition) is 6. The van der Waals surface area contributed by atoms with Crippen molar-refractivity contribution in [3.8, 4) is 11.4 Å². The van der Waals surface area contributed by atoms with Crippen molar-refractivity contribution in [3.63, 3.8) is 0 Å². The average Bonchev–Trinajstić information content (AvgIpc) is 3.45. The van der Waals surface area contributed by atoms with Gasteiger partial charge in [0.25, 0.3) is 0 Å². The van der Waals surface area contributed by atoms with Gasteiger partial charge in [0.05, 0.1) is 4.90 Å². The molecule has 1 N–H and O–H groups in total. The zero-order valence-corrected chi connectivity index (χ0v) is 18.4. The van der Waals surface area contributed by atoms with Crippen LogP contribution in [0.5, 0.6) is 0 Å². The van der Waals surface area contributed by atoms with E-state index in [2.05, 4.69) is 14.9 Å². The Hall–Kier alpha value is -2.75. The monoisotopic (exact) mass is 460 g/mol. The Bertz CT molecular complexity index is 1220. The molecule has 4 rings (SSSR count). The third kappa shape index (κ3) is 4.63. The highest BCUT2D eigenvalue weighted by molar-refractivity contribution is 7.89. The van der Waals surface area contributed by atoms with E-state index in [4.69, 9.17) is 16.1 Å². The summed E-state index contributed by atoms with van der Waals surface area (Å²) in [7, 11) is -3.83. The van der Waals surface area contributed by atoms with Crippen molar-refractivity contribution in [3.05, 3.63) is 64.5 Å². The maximum absolute atomic E-state index is 12.9. The van der Waals surface area contributed by atoms with E-state index in [1.54, 1.807) is 48.2 Å². The predicted molar refractivity (Wildman–Crippen MR) is 115 cm³/mol. The first kappa shape index (κ1) is 21.5. The van der Waals surface area contributed by atoms with Gasteiger partial charge in [-0.15, -0.1) is 0 Å². The normalized spacial score (nSPS) is 14.2. The fraction of sp³-hybridized carbons (Fsp3) is 0.286. The van der Waals surface area contributed by atoms with Gasteiger partial charge >= 0.3 is 11.8 Å². The number of nitrogens with zero attached hydrogens (tertiary/aromatic N) is 3. The van der Waals surface area contributed by atoms with E-state index >= 15 is 0 Å². The highest BCUT2D eigenvalue weighted by Gasteiger charge is 2.26. The summed E-state index contributed by atoms with van der Waals surface area (Å²) in [4.78, 5) is 18.4. The summed E-state index contributed by atoms with van der Waals surface area (Å²) >= 11 is 6.12. The second-order valence-electron chi connectivity index (χ2n) is 7.32. The first-order chi connectivity index (χ1) is 14.8. The zero-order valence-electron chi connectivity index (χ0n) is 16.8. The summed E-state index contributed by atoms with van der Waals surface area (Å²) in [5.41, 5.74) is 1.67. The Morgan fingerprint density at radius 2 is 1.94 bits per heavy atom. The van der Waals surface area contributed by atoms with E-state index in [9.17, 15) is 13.2 Å². The molecule has 0 radical (unpaired) electrons. The van der Waals surface area contributed by atoms with Crippen molar-refractivity contribution in [1.82, 2.24) is 19.8 Å². The fourth-order valence-electron chi connectivity index (χ4n) is 3.40. The van der Waals surface area contributed by atoms with Crippen LogP contribution < -0.4 is 4.72 Å². The Labute approximate surface area is 185 Å². The fourth-order valence-corrected chi connectivity index (χ4v) is 4.88. The number of likely N-dealkylation sites (tertiary alicyclic amines) is 1. The molecule has 31 heavy (non-hydrogen) atoms. The van der Waals surface area contributed by atoms with E-state index in [0.29, 0.717) is 34.8 Å². The smallest absolute Gasteiger partial charge is 0.316 e. The van der Waals surface area contributed by atoms with Crippen molar-refractivity contribution in [2.75, 3.05) is 13.1 Å². The van der Waals surface area contributed by atoms with Crippen LogP contribution in [0.1, 0.15) is 34.7 Å². The first-order valence-electron chi connectivity index (χ1n) is 9.82. The minimum absolute atomic E-state index is 0.0579. The molecule has 1 amide bonds. The van der Waals surface area contributed by atoms with Gasteiger partial charge < -0.3 is 9.42 Å². The lowest BCUT2D eigenvalue weighted by molar-refractivity contribution is 0.0743. The van der Waals surface area contributed by atoms with Crippen LogP contribution in [-0.2, 0) is 16.6 Å². The maximum Gasteiger partial charge on any atom is 0.316 e. The van der Waals surface area contributed by atoms with Gasteiger partial charge in [0.15, 0.2) is 0 Å². The number of halogens is 1. The number of rotatable bonds is 6. The van der Waals surface area contributed by atoms with Crippen LogP contribution in [-0.4, -0.2) is 42.5 Å². The number of nitrogens with one attached hydrogen (secondary N) is 1. The molecular formula is C21H21ClN4O4S. The summed E-state index contributed by atoms with van der Waals surface area (Å²) < 4.78 is 33.6. The number of aromatic nitrogens is 2. The van der Waals surface area contributed by atoms with Crippen molar-refractivity contribution < 1.29 is 17.7 Å². The Kier molecular flexibility index (Phi) is 6.08. The number of carbonyl (C=O) groups excluding carboxylic acids is 1. The van der Waals surface area contributed by atoms with Gasteiger partial charge in [-0.3, -0.25) is 4.79 Å². The van der Waals surface area contributed by atoms with E-state index in [1.807, 2.05) is 0 Å². The van der Waals surface area contributed by atoms with E-state index in [0.717, 1.165) is 12.8 Å². The third-order valence-electron chi connectivity index (χ3n) is 5.15. The number of carbonyl (C=O) groups is 1. The second-order valence-corrected chi connectivity index (χ2v) is 9.46. The molecular weight excluding hydrogens is 440 g/mol. The van der Waals surface area contributed by atoms with Gasteiger partial charge in [-0.25, -0.2) is 13.1 Å². The molecule has 162 valence electrons. The molecule has 0 atom stereocenters. The van der Waals surface area contributed by atoms with Crippen molar-refractivity contribution in [2.24, 2.45) is 0 Å². The molecule has 1 aromatic heterocycles. The number of aryl methyl sites for hydroxylation is 1. The highest BCUT2D eigenvalue weighted by Crippen LogP contribution is 2.24. The molecule has 2 aromatic carbocycles. The molecule has 10 heteroatoms. The molecule has 0 saturated carbocycles. The molecule has 8 nitrogen and oxygen atoms in total. The number of benzene rings is 2. The van der Waals surface area contributed by atoms with Crippen molar-refractivity contribution in [2.45, 2.75) is 31.2 Å². The van der Waals surface area contributed by atoms with Crippen LogP contribution in [0.3, 0.4) is 0 Å². The summed E-state index contributed by atoms with van der Waals surface area (Å²) in [6.07, 6.45) is 1.90. The SMILES string of the molecule is Cc1ccc(-c2noc(C(=O)N3CCCC3)n2)cc1S(=O)(=O)NCc1ccccc1Cl. The summed E-state index contributed by atoms with van der Waals surface area (Å²) in [5, 5.41) is 4.35. The Morgan fingerprint density at radius 1 is 1.19 bits per heavy atom. The molecule has 0 aliphatic carbocycles. The summed E-state index contributed by atoms with van der Waals surface area (Å²) in [6, 6.07) is 11.9. The van der Waals surface area contributed by atoms with Gasteiger partial charge in [0, 0.05) is 30.2 Å². The standard InChI is InChI=1S/C21H21ClN4O4S/c1-14-8-9-15(19-24-20(30-25-19)21(27)26-10-4-5-11-26)12-18(14)31(28,29)23-13-16-6-2-3-7-17(16)22/h2-3,6-9,12,23H,4-5,10-11,13H2,1H3. The van der Waals surface area contributed by atoms with Crippen LogP contribution in [0.2, 0.25) is 5.02 Å². The van der Waals surface area contributed by atoms with Gasteiger partial charge in [0.1, 0.15) is 0 Å². The van der Waals surface area contributed by atoms with Gasteiger partial charge in [-0.2, -0.15) is 4.98 Å². The van der Waals surface area contributed by atoms with Crippen LogP contribution in [0, 0.1) is 6.92 Å². The van der Waals surface area contributed by atoms with Crippen LogP contribution in [0.4, 0.5) is 0 Å². The van der Waals surface area contributed by atoms with E-state index in [1.165, 1.54) is 6.07 Å². The quantitative estimate of drug-likeness (QED) is 0.604. The Morgan fingerprint density at radius 3 is 2.68 bits per heavy atom. The molecule has 1 saturated heterocycles. The van der Waals surface area contributed by atoms with E-state index < -0.39 is 10.0 Å². The molecule has 0 unspecified atom stereocenters. The van der Waals surface area contributed by atoms with Crippen LogP contribution in [0.15, 0.2) is 51.9 Å². The topological polar surface area (TPSA) is 105 Å². The maximum atomic E-state index is 12.9. The largest absolute Gasteiger partial charge is 0.334 e. The molecule has 1 fully saturated rings. The summed E-state index contributed by atoms with van der Waals surface area (Å²) in [5.74, 6) is -0.249. The molecule has 1 aliphatic heterocycles. The molecule has 2 heterocycles. The zero-order chi connectivity index (χ0) is 22.0. The third-order valence-corrected chi connectivity index (χ3v) is 7.06. The molecule has 1 aliphatic rings. The molecule has 0 bridgehead atoms. The highest BCUT2D eigenvalue weighted by atomic mass is 35.5. The van der Waals surface area contributed by atoms with Crippen molar-refractivity contribution in [1.29, 1.82) is 0 Å². The minimum atomic E-state index is -3.83. The predicted octanol–water partition coefficient (Wildman–Crippen LogP) is 3.41. The average molecular weight is 461 g/mol. The lowest BCUT2D eigenvalue weighted by Gasteiger charge is -2.11. The van der Waals surface area contributed by atoms with Crippen LogP contribution in [0.25, 0.3) is 11.4 Å². The number of sulfonamides is 1. The lowest BCUT2D eigenvalue weighted by Crippen LogP contribution is -2.27. The number of amides is 1. The van der Waals surface area contributed by atoms with Crippen molar-refractivity contribution >= 4 is 27.5 Å². The van der Waals surface area contributed by atoms with Gasteiger partial charge in [0.2, 0.25) is 15.8 Å². The lowest BCUT2D eigenvalue weighted by atomic mass is 10.1. The van der Waals surface area contributed by atoms with E-state index in [-0.39, 0.29) is 29.1 Å². The molecule has 0 spiro atoms. The minimum Gasteiger partial charge on any atom is -0.334 e. The van der Waals surface area contributed by atoms with Crippen LogP contribution >= 0.6 is 11.6 Å². The molecule has 3 aromatic rings. The number of hydrogen-bond donors (Lipinski definition) is 1. The Balaban J connectivity index is 1.57.